The van der Waals surface area contributed by atoms with Gasteiger partial charge in [-0.2, -0.15) is 0 Å². The lowest BCUT2D eigenvalue weighted by molar-refractivity contribution is -0.123. The Hall–Kier alpha value is -2.76. The van der Waals surface area contributed by atoms with E-state index in [1.165, 1.54) is 11.8 Å². The van der Waals surface area contributed by atoms with Crippen LogP contribution in [-0.2, 0) is 21.0 Å². The number of benzene rings is 3. The van der Waals surface area contributed by atoms with E-state index in [1.807, 2.05) is 78.9 Å². The third kappa shape index (κ3) is 2.69. The van der Waals surface area contributed by atoms with Crippen molar-refractivity contribution in [2.75, 3.05) is 15.6 Å². The van der Waals surface area contributed by atoms with Gasteiger partial charge in [0, 0.05) is 16.3 Å². The molecule has 4 nitrogen and oxygen atoms in total. The number of para-hydroxylation sites is 2. The van der Waals surface area contributed by atoms with Crippen LogP contribution in [-0.4, -0.2) is 17.6 Å². The molecule has 2 heterocycles. The maximum atomic E-state index is 13.9. The van der Waals surface area contributed by atoms with Crippen molar-refractivity contribution in [3.05, 3.63) is 95.0 Å². The molecule has 3 aromatic carbocycles. The summed E-state index contributed by atoms with van der Waals surface area (Å²) in [6.45, 7) is 0.356. The van der Waals surface area contributed by atoms with Gasteiger partial charge in [-0.1, -0.05) is 66.2 Å². The monoisotopic (exact) mass is 420 g/mol. The molecule has 0 unspecified atom stereocenters. The van der Waals surface area contributed by atoms with E-state index in [9.17, 15) is 9.59 Å². The van der Waals surface area contributed by atoms with Crippen molar-refractivity contribution in [2.24, 2.45) is 0 Å². The molecule has 1 fully saturated rings. The van der Waals surface area contributed by atoms with Crippen molar-refractivity contribution in [2.45, 2.75) is 11.4 Å². The van der Waals surface area contributed by atoms with E-state index < -0.39 is 4.87 Å². The Labute approximate surface area is 178 Å². The molecule has 6 heteroatoms. The largest absolute Gasteiger partial charge is 0.304 e. The number of halogens is 1. The molecule has 0 aliphatic carbocycles. The Balaban J connectivity index is 1.66. The number of carbonyl (C=O) groups excluding carboxylic acids is 2. The molecule has 0 N–H and O–H groups in total. The van der Waals surface area contributed by atoms with Gasteiger partial charge in [0.2, 0.25) is 10.8 Å². The van der Waals surface area contributed by atoms with Gasteiger partial charge in [-0.3, -0.25) is 14.5 Å². The van der Waals surface area contributed by atoms with Gasteiger partial charge in [0.15, 0.2) is 0 Å². The summed E-state index contributed by atoms with van der Waals surface area (Å²) in [4.78, 5) is 29.1. The molecule has 2 aliphatic rings. The van der Waals surface area contributed by atoms with Crippen LogP contribution >= 0.6 is 23.4 Å². The van der Waals surface area contributed by atoms with E-state index in [0.29, 0.717) is 11.6 Å². The van der Waals surface area contributed by atoms with Crippen molar-refractivity contribution in [1.82, 2.24) is 0 Å². The highest BCUT2D eigenvalue weighted by Crippen LogP contribution is 2.55. The number of hydrogen-bond acceptors (Lipinski definition) is 3. The molecule has 144 valence electrons. The van der Waals surface area contributed by atoms with Crippen molar-refractivity contribution < 1.29 is 9.59 Å². The van der Waals surface area contributed by atoms with Gasteiger partial charge >= 0.3 is 0 Å². The molecule has 1 atom stereocenters. The van der Waals surface area contributed by atoms with Crippen LogP contribution in [0.1, 0.15) is 11.1 Å². The Kier molecular flexibility index (Phi) is 4.37. The third-order valence-electron chi connectivity index (χ3n) is 5.36. The average molecular weight is 421 g/mol. The second-order valence-electron chi connectivity index (χ2n) is 7.00. The van der Waals surface area contributed by atoms with Crippen LogP contribution in [0.3, 0.4) is 0 Å². The standard InChI is InChI=1S/C23H17ClN2O2S/c24-19-12-6-4-8-16(19)14-25-20-13-7-5-11-18(20)23(22(25)28)26(21(27)15-29-23)17-9-2-1-3-10-17/h1-13H,14-15H2/t23-/m0/s1. The van der Waals surface area contributed by atoms with Crippen molar-refractivity contribution in [3.63, 3.8) is 0 Å². The minimum Gasteiger partial charge on any atom is -0.304 e. The predicted molar refractivity (Wildman–Crippen MR) is 117 cm³/mol. The quantitative estimate of drug-likeness (QED) is 0.610. The number of carbonyl (C=O) groups is 2. The van der Waals surface area contributed by atoms with Gasteiger partial charge in [-0.05, 0) is 29.8 Å². The summed E-state index contributed by atoms with van der Waals surface area (Å²) in [6, 6.07) is 24.6. The topological polar surface area (TPSA) is 40.6 Å². The van der Waals surface area contributed by atoms with Gasteiger partial charge in [0.25, 0.3) is 5.91 Å². The molecule has 0 aromatic heterocycles. The zero-order valence-electron chi connectivity index (χ0n) is 15.4. The first-order valence-electron chi connectivity index (χ1n) is 9.30. The Morgan fingerprint density at radius 3 is 2.38 bits per heavy atom. The van der Waals surface area contributed by atoms with Crippen LogP contribution in [0.5, 0.6) is 0 Å². The first-order valence-corrected chi connectivity index (χ1v) is 10.7. The van der Waals surface area contributed by atoms with E-state index in [-0.39, 0.29) is 17.6 Å². The summed E-state index contributed by atoms with van der Waals surface area (Å²) in [6.07, 6.45) is 0. The van der Waals surface area contributed by atoms with Crippen LogP contribution in [0.25, 0.3) is 0 Å². The highest BCUT2D eigenvalue weighted by atomic mass is 35.5. The summed E-state index contributed by atoms with van der Waals surface area (Å²) in [7, 11) is 0. The summed E-state index contributed by atoms with van der Waals surface area (Å²) < 4.78 is 0. The van der Waals surface area contributed by atoms with Crippen LogP contribution < -0.4 is 9.80 Å². The molecule has 3 aromatic rings. The molecule has 5 rings (SSSR count). The molecular weight excluding hydrogens is 404 g/mol. The summed E-state index contributed by atoms with van der Waals surface area (Å²) >= 11 is 7.75. The van der Waals surface area contributed by atoms with Crippen LogP contribution in [0.2, 0.25) is 5.02 Å². The molecule has 2 aliphatic heterocycles. The van der Waals surface area contributed by atoms with E-state index in [2.05, 4.69) is 0 Å². The van der Waals surface area contributed by atoms with E-state index in [4.69, 9.17) is 11.6 Å². The molecule has 0 bridgehead atoms. The summed E-state index contributed by atoms with van der Waals surface area (Å²) in [5.74, 6) is 0.0804. The minimum atomic E-state index is -1.09. The fourth-order valence-corrected chi connectivity index (χ4v) is 5.64. The maximum Gasteiger partial charge on any atom is 0.269 e. The summed E-state index contributed by atoms with van der Waals surface area (Å²) in [5, 5.41) is 0.619. The number of rotatable bonds is 3. The van der Waals surface area contributed by atoms with Crippen molar-refractivity contribution >= 4 is 46.6 Å². The number of nitrogens with zero attached hydrogens (tertiary/aromatic N) is 2. The zero-order chi connectivity index (χ0) is 20.0. The number of fused-ring (bicyclic) bond motifs is 2. The molecule has 29 heavy (non-hydrogen) atoms. The number of amides is 2. The van der Waals surface area contributed by atoms with Gasteiger partial charge in [-0.25, -0.2) is 0 Å². The molecule has 1 saturated heterocycles. The lowest BCUT2D eigenvalue weighted by Crippen LogP contribution is -2.49. The zero-order valence-corrected chi connectivity index (χ0v) is 17.0. The highest BCUT2D eigenvalue weighted by Gasteiger charge is 2.60. The average Bonchev–Trinajstić information content (AvgIpc) is 3.21. The maximum absolute atomic E-state index is 13.9. The molecule has 0 saturated carbocycles. The minimum absolute atomic E-state index is 0.0658. The van der Waals surface area contributed by atoms with E-state index in [0.717, 1.165) is 22.5 Å². The fraction of sp³-hybridized carbons (Fsp3) is 0.130. The SMILES string of the molecule is O=C1CS[C@@]2(C(=O)N(Cc3ccccc3Cl)c3ccccc32)N1c1ccccc1. The first kappa shape index (κ1) is 18.3. The summed E-state index contributed by atoms with van der Waals surface area (Å²) in [5.41, 5.74) is 3.26. The number of hydrogen-bond donors (Lipinski definition) is 0. The normalized spacial score (nSPS) is 20.6. The van der Waals surface area contributed by atoms with E-state index in [1.54, 1.807) is 9.80 Å². The molecule has 2 amide bonds. The smallest absolute Gasteiger partial charge is 0.269 e. The lowest BCUT2D eigenvalue weighted by Gasteiger charge is -2.33. The Bertz CT molecular complexity index is 1120. The van der Waals surface area contributed by atoms with E-state index >= 15 is 0 Å². The first-order chi connectivity index (χ1) is 14.1. The second kappa shape index (κ2) is 6.94. The van der Waals surface area contributed by atoms with Gasteiger partial charge in [0.1, 0.15) is 0 Å². The van der Waals surface area contributed by atoms with Gasteiger partial charge in [0.05, 0.1) is 18.0 Å². The lowest BCUT2D eigenvalue weighted by atomic mass is 10.0. The Morgan fingerprint density at radius 1 is 0.897 bits per heavy atom. The second-order valence-corrected chi connectivity index (χ2v) is 8.57. The van der Waals surface area contributed by atoms with Crippen molar-refractivity contribution in [3.8, 4) is 0 Å². The fourth-order valence-electron chi connectivity index (χ4n) is 4.09. The number of anilines is 2. The predicted octanol–water partition coefficient (Wildman–Crippen LogP) is 4.82. The van der Waals surface area contributed by atoms with Crippen LogP contribution in [0, 0.1) is 0 Å². The molecule has 1 spiro atoms. The Morgan fingerprint density at radius 2 is 1.59 bits per heavy atom. The molecular formula is C23H17ClN2O2S. The van der Waals surface area contributed by atoms with Crippen LogP contribution in [0.15, 0.2) is 78.9 Å². The van der Waals surface area contributed by atoms with Gasteiger partial charge in [-0.15, -0.1) is 11.8 Å². The van der Waals surface area contributed by atoms with Crippen LogP contribution in [0.4, 0.5) is 11.4 Å². The van der Waals surface area contributed by atoms with Gasteiger partial charge < -0.3 is 4.90 Å². The van der Waals surface area contributed by atoms with Crippen molar-refractivity contribution in [1.29, 1.82) is 0 Å². The molecule has 0 radical (unpaired) electrons. The number of thioether (sulfide) groups is 1. The third-order valence-corrected chi connectivity index (χ3v) is 7.12. The highest BCUT2D eigenvalue weighted by molar-refractivity contribution is 8.02.